The summed E-state index contributed by atoms with van der Waals surface area (Å²) in [4.78, 5) is 25.2. The van der Waals surface area contributed by atoms with Gasteiger partial charge in [-0.15, -0.1) is 0 Å². The number of hydrogen-bond donors (Lipinski definition) is 1. The molecule has 0 saturated carbocycles. The first-order valence-corrected chi connectivity index (χ1v) is 7.48. The molecule has 1 heterocycles. The molecule has 0 unspecified atom stereocenters. The summed E-state index contributed by atoms with van der Waals surface area (Å²) in [5.41, 5.74) is -0.283. The third-order valence-corrected chi connectivity index (χ3v) is 4.64. The minimum absolute atomic E-state index is 0.144. The second-order valence-corrected chi connectivity index (χ2v) is 6.61. The second-order valence-electron chi connectivity index (χ2n) is 5.28. The van der Waals surface area contributed by atoms with Gasteiger partial charge in [0.05, 0.1) is 16.0 Å². The van der Waals surface area contributed by atoms with Crippen LogP contribution in [-0.2, 0) is 4.79 Å². The molecule has 4 nitrogen and oxygen atoms in total. The van der Waals surface area contributed by atoms with Crippen LogP contribution in [0.2, 0.25) is 5.02 Å². The third kappa shape index (κ3) is 2.99. The number of aliphatic carboxylic acids is 1. The average molecular weight is 361 g/mol. The molecular weight excluding hydrogens is 346 g/mol. The number of halogens is 2. The molecule has 20 heavy (non-hydrogen) atoms. The Hall–Kier alpha value is -1.07. The van der Waals surface area contributed by atoms with Gasteiger partial charge >= 0.3 is 5.97 Å². The highest BCUT2D eigenvalue weighted by Crippen LogP contribution is 2.32. The molecule has 1 saturated heterocycles. The SMILES string of the molecule is CC1(C(=O)O)CCN(C(=O)c2ccc(Br)cc2Cl)CC1. The Morgan fingerprint density at radius 1 is 1.35 bits per heavy atom. The molecule has 1 N–H and O–H groups in total. The topological polar surface area (TPSA) is 57.6 Å². The number of nitrogens with zero attached hydrogens (tertiary/aromatic N) is 1. The van der Waals surface area contributed by atoms with Gasteiger partial charge in [-0.1, -0.05) is 27.5 Å². The minimum atomic E-state index is -0.800. The Balaban J connectivity index is 2.11. The lowest BCUT2D eigenvalue weighted by Gasteiger charge is -2.36. The third-order valence-electron chi connectivity index (χ3n) is 3.83. The monoisotopic (exact) mass is 359 g/mol. The molecule has 0 aliphatic carbocycles. The number of carbonyl (C=O) groups excluding carboxylic acids is 1. The van der Waals surface area contributed by atoms with Crippen LogP contribution in [-0.4, -0.2) is 35.0 Å². The van der Waals surface area contributed by atoms with Gasteiger partial charge in [0.15, 0.2) is 0 Å². The molecule has 0 bridgehead atoms. The van der Waals surface area contributed by atoms with Crippen molar-refractivity contribution >= 4 is 39.4 Å². The van der Waals surface area contributed by atoms with Crippen LogP contribution >= 0.6 is 27.5 Å². The molecule has 1 aliphatic heterocycles. The second kappa shape index (κ2) is 5.74. The molecule has 1 aromatic carbocycles. The van der Waals surface area contributed by atoms with Gasteiger partial charge in [0.25, 0.3) is 5.91 Å². The predicted molar refractivity (Wildman–Crippen MR) is 80.0 cm³/mol. The molecule has 1 aliphatic rings. The number of carboxylic acids is 1. The van der Waals surface area contributed by atoms with Gasteiger partial charge in [-0.05, 0) is 38.0 Å². The van der Waals surface area contributed by atoms with Crippen LogP contribution in [0, 0.1) is 5.41 Å². The van der Waals surface area contributed by atoms with E-state index in [2.05, 4.69) is 15.9 Å². The molecule has 0 spiro atoms. The number of piperidine rings is 1. The first kappa shape index (κ1) is 15.3. The maximum absolute atomic E-state index is 12.4. The fourth-order valence-corrected chi connectivity index (χ4v) is 3.00. The van der Waals surface area contributed by atoms with E-state index < -0.39 is 11.4 Å². The number of benzene rings is 1. The first-order valence-electron chi connectivity index (χ1n) is 6.31. The minimum Gasteiger partial charge on any atom is -0.481 e. The van der Waals surface area contributed by atoms with Crippen molar-refractivity contribution < 1.29 is 14.7 Å². The summed E-state index contributed by atoms with van der Waals surface area (Å²) in [6.07, 6.45) is 0.921. The highest BCUT2D eigenvalue weighted by Gasteiger charge is 2.38. The molecule has 0 atom stereocenters. The van der Waals surface area contributed by atoms with Gasteiger partial charge in [0, 0.05) is 17.6 Å². The van der Waals surface area contributed by atoms with Gasteiger partial charge < -0.3 is 10.0 Å². The van der Waals surface area contributed by atoms with E-state index in [9.17, 15) is 14.7 Å². The van der Waals surface area contributed by atoms with Crippen LogP contribution in [0.5, 0.6) is 0 Å². The zero-order chi connectivity index (χ0) is 14.9. The van der Waals surface area contributed by atoms with Gasteiger partial charge in [0.2, 0.25) is 0 Å². The van der Waals surface area contributed by atoms with Crippen molar-refractivity contribution in [2.45, 2.75) is 19.8 Å². The molecule has 0 aromatic heterocycles. The van der Waals surface area contributed by atoms with Crippen LogP contribution in [0.3, 0.4) is 0 Å². The number of likely N-dealkylation sites (tertiary alicyclic amines) is 1. The summed E-state index contributed by atoms with van der Waals surface area (Å²) in [6, 6.07) is 5.13. The molecule has 0 radical (unpaired) electrons. The van der Waals surface area contributed by atoms with Crippen molar-refractivity contribution in [1.82, 2.24) is 4.90 Å². The van der Waals surface area contributed by atoms with Crippen LogP contribution in [0.4, 0.5) is 0 Å². The normalized spacial score (nSPS) is 17.9. The van der Waals surface area contributed by atoms with Crippen molar-refractivity contribution in [2.75, 3.05) is 13.1 Å². The van der Waals surface area contributed by atoms with Crippen molar-refractivity contribution in [1.29, 1.82) is 0 Å². The highest BCUT2D eigenvalue weighted by atomic mass is 79.9. The first-order chi connectivity index (χ1) is 9.33. The standard InChI is InChI=1S/C14H15BrClNO3/c1-14(13(19)20)4-6-17(7-5-14)12(18)10-3-2-9(15)8-11(10)16/h2-3,8H,4-7H2,1H3,(H,19,20). The number of carboxylic acid groups (broad SMARTS) is 1. The fourth-order valence-electron chi connectivity index (χ4n) is 2.25. The quantitative estimate of drug-likeness (QED) is 0.879. The Labute approximate surface area is 130 Å². The van der Waals surface area contributed by atoms with Crippen LogP contribution < -0.4 is 0 Å². The zero-order valence-electron chi connectivity index (χ0n) is 11.0. The van der Waals surface area contributed by atoms with E-state index in [1.807, 2.05) is 0 Å². The van der Waals surface area contributed by atoms with E-state index in [4.69, 9.17) is 11.6 Å². The van der Waals surface area contributed by atoms with Crippen LogP contribution in [0.25, 0.3) is 0 Å². The lowest BCUT2D eigenvalue weighted by atomic mass is 9.80. The largest absolute Gasteiger partial charge is 0.481 e. The number of carbonyl (C=O) groups is 2. The van der Waals surface area contributed by atoms with E-state index in [0.717, 1.165) is 4.47 Å². The van der Waals surface area contributed by atoms with Gasteiger partial charge in [-0.3, -0.25) is 9.59 Å². The van der Waals surface area contributed by atoms with Crippen molar-refractivity contribution in [3.63, 3.8) is 0 Å². The van der Waals surface area contributed by atoms with Crippen molar-refractivity contribution in [3.05, 3.63) is 33.3 Å². The average Bonchev–Trinajstić information content (AvgIpc) is 2.38. The number of hydrogen-bond acceptors (Lipinski definition) is 2. The Kier molecular flexibility index (Phi) is 4.39. The Morgan fingerprint density at radius 2 is 1.95 bits per heavy atom. The Bertz CT molecular complexity index is 553. The van der Waals surface area contributed by atoms with Gasteiger partial charge in [-0.25, -0.2) is 0 Å². The summed E-state index contributed by atoms with van der Waals surface area (Å²) in [7, 11) is 0. The number of amides is 1. The highest BCUT2D eigenvalue weighted by molar-refractivity contribution is 9.10. The lowest BCUT2D eigenvalue weighted by molar-refractivity contribution is -0.150. The smallest absolute Gasteiger partial charge is 0.309 e. The molecule has 2 rings (SSSR count). The summed E-state index contributed by atoms with van der Waals surface area (Å²) in [5, 5.41) is 9.58. The fraction of sp³-hybridized carbons (Fsp3) is 0.429. The molecule has 108 valence electrons. The molecule has 1 fully saturated rings. The summed E-state index contributed by atoms with van der Waals surface area (Å²) < 4.78 is 0.816. The number of rotatable bonds is 2. The van der Waals surface area contributed by atoms with Gasteiger partial charge in [0.1, 0.15) is 0 Å². The maximum atomic E-state index is 12.4. The van der Waals surface area contributed by atoms with E-state index in [0.29, 0.717) is 36.5 Å². The van der Waals surface area contributed by atoms with Gasteiger partial charge in [-0.2, -0.15) is 0 Å². The van der Waals surface area contributed by atoms with E-state index in [1.165, 1.54) is 0 Å². The summed E-state index contributed by atoms with van der Waals surface area (Å²) in [5.74, 6) is -0.943. The van der Waals surface area contributed by atoms with Crippen LogP contribution in [0.15, 0.2) is 22.7 Å². The van der Waals surface area contributed by atoms with Crippen molar-refractivity contribution in [3.8, 4) is 0 Å². The molecule has 1 aromatic rings. The van der Waals surface area contributed by atoms with E-state index >= 15 is 0 Å². The van der Waals surface area contributed by atoms with E-state index in [-0.39, 0.29) is 5.91 Å². The molecular formula is C14H15BrClNO3. The molecule has 1 amide bonds. The predicted octanol–water partition coefficient (Wildman–Crippen LogP) is 3.43. The molecule has 6 heteroatoms. The zero-order valence-corrected chi connectivity index (χ0v) is 13.4. The summed E-state index contributed by atoms with van der Waals surface area (Å²) in [6.45, 7) is 2.60. The Morgan fingerprint density at radius 3 is 2.45 bits per heavy atom. The van der Waals surface area contributed by atoms with E-state index in [1.54, 1.807) is 30.0 Å². The van der Waals surface area contributed by atoms with Crippen LogP contribution in [0.1, 0.15) is 30.1 Å². The maximum Gasteiger partial charge on any atom is 0.309 e. The van der Waals surface area contributed by atoms with Crippen molar-refractivity contribution in [2.24, 2.45) is 5.41 Å². The summed E-state index contributed by atoms with van der Waals surface area (Å²) >= 11 is 9.38. The lowest BCUT2D eigenvalue weighted by Crippen LogP contribution is -2.45.